The minimum Gasteiger partial charge on any atom is -0.474 e. The smallest absolute Gasteiger partial charge is 0.301 e. The fourth-order valence-electron chi connectivity index (χ4n) is 10.2. The monoisotopic (exact) mass is 1090 g/mol. The fraction of sp³-hybridized carbons (Fsp3) is 0.370. The molecule has 4 aromatic heterocycles. The number of H-pyrrole nitrogens is 1. The minimum absolute atomic E-state index is 0.00843. The number of aliphatic hydroxyl groups excluding tert-OH is 1. The molecule has 7 heterocycles. The van der Waals surface area contributed by atoms with Gasteiger partial charge in [-0.15, -0.1) is 11.3 Å². The molecule has 10 rings (SSSR count). The van der Waals surface area contributed by atoms with Crippen molar-refractivity contribution in [1.29, 1.82) is 0 Å². The van der Waals surface area contributed by atoms with Crippen LogP contribution in [0.25, 0.3) is 32.6 Å². The number of hydrogen-bond acceptors (Lipinski definition) is 14. The van der Waals surface area contributed by atoms with E-state index in [0.717, 1.165) is 75.6 Å². The van der Waals surface area contributed by atoms with Gasteiger partial charge < -0.3 is 34.5 Å². The number of aliphatic hydroxyl groups is 1. The molecule has 77 heavy (non-hydrogen) atoms. The molecule has 3 aromatic carbocycles. The quantitative estimate of drug-likeness (QED) is 0.0633. The average Bonchev–Trinajstić information content (AvgIpc) is 4.32. The number of rotatable bonds is 18. The maximum atomic E-state index is 15.8. The molecule has 18 nitrogen and oxygen atoms in total. The van der Waals surface area contributed by atoms with Crippen LogP contribution < -0.4 is 19.7 Å². The molecule has 2 amide bonds. The molecule has 3 aliphatic rings. The molecular formula is C54H57F3N10O8S2. The molecule has 0 radical (unpaired) electrons. The first kappa shape index (κ1) is 53.2. The number of alkyl halides is 1. The van der Waals surface area contributed by atoms with E-state index in [4.69, 9.17) is 9.26 Å². The summed E-state index contributed by atoms with van der Waals surface area (Å²) < 4.78 is 85.0. The molecular weight excluding hydrogens is 1040 g/mol. The van der Waals surface area contributed by atoms with E-state index in [1.54, 1.807) is 29.7 Å². The number of halogens is 3. The second-order valence-electron chi connectivity index (χ2n) is 19.9. The van der Waals surface area contributed by atoms with Crippen LogP contribution in [0.15, 0.2) is 95.2 Å². The lowest BCUT2D eigenvalue weighted by molar-refractivity contribution is -0.141. The Labute approximate surface area is 446 Å². The highest BCUT2D eigenvalue weighted by Crippen LogP contribution is 2.35. The molecule has 3 saturated heterocycles. The summed E-state index contributed by atoms with van der Waals surface area (Å²) in [5, 5.41) is 18.0. The number of fused-ring (bicyclic) bond motifs is 1. The number of aromatic amines is 1. The van der Waals surface area contributed by atoms with E-state index in [0.29, 0.717) is 35.5 Å². The Morgan fingerprint density at radius 1 is 0.948 bits per heavy atom. The first-order chi connectivity index (χ1) is 37.0. The predicted octanol–water partition coefficient (Wildman–Crippen LogP) is 7.08. The van der Waals surface area contributed by atoms with Gasteiger partial charge in [0.15, 0.2) is 11.6 Å². The van der Waals surface area contributed by atoms with Gasteiger partial charge >= 0.3 is 10.2 Å². The van der Waals surface area contributed by atoms with Crippen LogP contribution in [0.3, 0.4) is 0 Å². The zero-order valence-electron chi connectivity index (χ0n) is 42.4. The van der Waals surface area contributed by atoms with Gasteiger partial charge in [-0.2, -0.15) is 12.7 Å². The lowest BCUT2D eigenvalue weighted by Gasteiger charge is -2.36. The van der Waals surface area contributed by atoms with Gasteiger partial charge in [-0.25, -0.2) is 23.1 Å². The van der Waals surface area contributed by atoms with Crippen molar-refractivity contribution in [2.75, 3.05) is 68.6 Å². The van der Waals surface area contributed by atoms with Crippen molar-refractivity contribution in [2.24, 2.45) is 5.92 Å². The van der Waals surface area contributed by atoms with Crippen molar-refractivity contribution in [1.82, 2.24) is 39.5 Å². The Morgan fingerprint density at radius 2 is 1.70 bits per heavy atom. The predicted molar refractivity (Wildman–Crippen MR) is 283 cm³/mol. The Bertz CT molecular complexity index is 3400. The van der Waals surface area contributed by atoms with Gasteiger partial charge in [-0.3, -0.25) is 24.0 Å². The van der Waals surface area contributed by atoms with Crippen molar-refractivity contribution in [2.45, 2.75) is 64.4 Å². The van der Waals surface area contributed by atoms with E-state index in [1.807, 2.05) is 79.5 Å². The zero-order valence-corrected chi connectivity index (χ0v) is 44.1. The van der Waals surface area contributed by atoms with E-state index in [-0.39, 0.29) is 61.7 Å². The highest BCUT2D eigenvalue weighted by molar-refractivity contribution is 7.90. The lowest BCUT2D eigenvalue weighted by atomic mass is 9.91. The number of nitrogens with zero attached hydrogens (tertiary/aromatic N) is 7. The van der Waals surface area contributed by atoms with Crippen LogP contribution in [0.2, 0.25) is 0 Å². The maximum Gasteiger partial charge on any atom is 0.301 e. The molecule has 0 aliphatic carbocycles. The van der Waals surface area contributed by atoms with Gasteiger partial charge in [0.2, 0.25) is 17.6 Å². The summed E-state index contributed by atoms with van der Waals surface area (Å²) in [7, 11) is -4.38. The maximum absolute atomic E-state index is 15.8. The van der Waals surface area contributed by atoms with Crippen LogP contribution in [0.4, 0.5) is 24.5 Å². The lowest BCUT2D eigenvalue weighted by Crippen LogP contribution is -2.48. The number of carbonyl (C=O) groups is 3. The van der Waals surface area contributed by atoms with Gasteiger partial charge in [-0.05, 0) is 71.4 Å². The second-order valence-corrected chi connectivity index (χ2v) is 22.4. The Balaban J connectivity index is 0.706. The second kappa shape index (κ2) is 22.4. The molecule has 404 valence electrons. The molecule has 7 aromatic rings. The van der Waals surface area contributed by atoms with E-state index in [2.05, 4.69) is 35.2 Å². The van der Waals surface area contributed by atoms with Crippen LogP contribution in [0, 0.1) is 24.5 Å². The molecule has 0 spiro atoms. The van der Waals surface area contributed by atoms with Crippen LogP contribution in [0.5, 0.6) is 5.88 Å². The van der Waals surface area contributed by atoms with Crippen LogP contribution in [-0.2, 0) is 26.3 Å². The van der Waals surface area contributed by atoms with Gasteiger partial charge in [0, 0.05) is 106 Å². The molecule has 23 heteroatoms. The number of amides is 2. The largest absolute Gasteiger partial charge is 0.474 e. The summed E-state index contributed by atoms with van der Waals surface area (Å²) in [5.74, 6) is -4.72. The molecule has 3 fully saturated rings. The third-order valence-electron chi connectivity index (χ3n) is 14.4. The number of anilines is 2. The molecule has 3 aliphatic heterocycles. The molecule has 4 N–H and O–H groups in total. The first-order valence-electron chi connectivity index (χ1n) is 25.4. The summed E-state index contributed by atoms with van der Waals surface area (Å²) in [5.41, 5.74) is 5.77. The van der Waals surface area contributed by atoms with Gasteiger partial charge in [-0.1, -0.05) is 50.2 Å². The number of aromatic nitrogens is 4. The van der Waals surface area contributed by atoms with Gasteiger partial charge in [0.25, 0.3) is 5.88 Å². The highest BCUT2D eigenvalue weighted by Gasteiger charge is 2.43. The van der Waals surface area contributed by atoms with Crippen molar-refractivity contribution >= 4 is 61.6 Å². The first-order valence-corrected chi connectivity index (χ1v) is 27.7. The number of piperazine rings is 1. The fourth-order valence-corrected chi connectivity index (χ4v) is 12.3. The number of hydrogen-bond donors (Lipinski definition) is 4. The molecule has 0 saturated carbocycles. The third kappa shape index (κ3) is 11.4. The topological polar surface area (TPSA) is 219 Å². The van der Waals surface area contributed by atoms with Crippen molar-refractivity contribution in [3.8, 4) is 27.4 Å². The number of carbonyl (C=O) groups excluding carboxylic acids is 3. The van der Waals surface area contributed by atoms with Gasteiger partial charge in [0.1, 0.15) is 36.2 Å². The minimum atomic E-state index is -4.38. The van der Waals surface area contributed by atoms with E-state index in [1.165, 1.54) is 11.1 Å². The van der Waals surface area contributed by atoms with Crippen LogP contribution >= 0.6 is 11.3 Å². The SMILES string of the molecule is Cc1ncsc1-c1ccc(CNC(=O)C2CC(O)CN2C(=O)[C@H](c2cc(OCCN3CCN(c4ccc(-c5cnc6[nH]cc(C(=O)c7c(F)ccc(NS(=O)(=O)N8CC[C@@H](F)C8)c7F)c6c5)cc4)CC3)no2)C(C)C)cc1. The summed E-state index contributed by atoms with van der Waals surface area (Å²) in [6.45, 7) is 9.46. The molecule has 2 unspecified atom stereocenters. The number of benzene rings is 3. The van der Waals surface area contributed by atoms with E-state index >= 15 is 8.78 Å². The van der Waals surface area contributed by atoms with Crippen molar-refractivity contribution in [3.05, 3.63) is 130 Å². The molecule has 4 atom stereocenters. The van der Waals surface area contributed by atoms with Crippen molar-refractivity contribution in [3.63, 3.8) is 0 Å². The Hall–Kier alpha value is -7.18. The summed E-state index contributed by atoms with van der Waals surface area (Å²) in [4.78, 5) is 60.2. The zero-order chi connectivity index (χ0) is 54.1. The summed E-state index contributed by atoms with van der Waals surface area (Å²) in [6, 6.07) is 19.8. The molecule has 0 bridgehead atoms. The number of thiazole rings is 1. The number of pyridine rings is 1. The Kier molecular flexibility index (Phi) is 15.5. The summed E-state index contributed by atoms with van der Waals surface area (Å²) in [6.07, 6.45) is 0.814. The van der Waals surface area contributed by atoms with E-state index < -0.39 is 69.7 Å². The number of β-amino-alcohol motifs (C(OH)–C–C–N with tert-alkyl or cyclic N) is 1. The number of ketones is 1. The number of likely N-dealkylation sites (tertiary alicyclic amines) is 1. The third-order valence-corrected chi connectivity index (χ3v) is 16.9. The summed E-state index contributed by atoms with van der Waals surface area (Å²) >= 11 is 1.57. The standard InChI is InChI=1S/C54H57F3N10O8S2/c1-31(2)47(54(71)67-29-39(68)23-44(67)53(70)60-25-33-4-6-35(7-5-33)51-32(3)61-30-76-51)45-24-46(62-75-45)74-21-20-64-16-18-65(19-17-64)38-10-8-34(9-11-38)36-22-40-41(27-59-52(40)58-26-36)50(69)48-42(56)12-13-43(49(48)57)63-77(72,73)66-15-14-37(55)28-66/h4-13,22,24,26-27,30-31,37,39,44,47,63,68H,14-21,23,25,28-29H2,1-3H3,(H,58,59)(H,60,70)/t37-,39?,44?,47+/m1/s1. The van der Waals surface area contributed by atoms with Crippen LogP contribution in [0.1, 0.15) is 65.5 Å². The Morgan fingerprint density at radius 3 is 2.40 bits per heavy atom. The number of aryl methyl sites for hydroxylation is 1. The van der Waals surface area contributed by atoms with Gasteiger partial charge in [0.05, 0.1) is 33.4 Å². The number of ether oxygens (including phenoxy) is 1. The normalized spacial score (nSPS) is 18.8. The highest BCUT2D eigenvalue weighted by atomic mass is 32.2. The van der Waals surface area contributed by atoms with Crippen molar-refractivity contribution < 1.29 is 50.3 Å². The van der Waals surface area contributed by atoms with E-state index in [9.17, 15) is 32.3 Å². The average molecular weight is 1100 g/mol. The van der Waals surface area contributed by atoms with Crippen LogP contribution in [-0.4, -0.2) is 143 Å². The number of nitrogens with one attached hydrogen (secondary N) is 3.